The van der Waals surface area contributed by atoms with Crippen LogP contribution in [0.2, 0.25) is 0 Å². The summed E-state index contributed by atoms with van der Waals surface area (Å²) in [5, 5.41) is 2.60. The van der Waals surface area contributed by atoms with E-state index in [1.54, 1.807) is 12.1 Å². The first kappa shape index (κ1) is 17.3. The SMILES string of the molecule is O=C(Nc1cccc(OCC(F)(F)F)c1)c1cc(Br)c(Br)s1. The Labute approximate surface area is 144 Å². The Hall–Kier alpha value is -1.06. The van der Waals surface area contributed by atoms with Crippen molar-refractivity contribution in [1.82, 2.24) is 0 Å². The summed E-state index contributed by atoms with van der Waals surface area (Å²) in [6.45, 7) is -1.38. The van der Waals surface area contributed by atoms with Gasteiger partial charge < -0.3 is 10.1 Å². The van der Waals surface area contributed by atoms with E-state index in [4.69, 9.17) is 0 Å². The van der Waals surface area contributed by atoms with Gasteiger partial charge in [-0.2, -0.15) is 13.2 Å². The quantitative estimate of drug-likeness (QED) is 0.660. The molecule has 0 atom stereocenters. The predicted molar refractivity (Wildman–Crippen MR) is 85.7 cm³/mol. The van der Waals surface area contributed by atoms with Gasteiger partial charge in [-0.25, -0.2) is 0 Å². The number of carbonyl (C=O) groups excluding carboxylic acids is 1. The van der Waals surface area contributed by atoms with E-state index in [9.17, 15) is 18.0 Å². The van der Waals surface area contributed by atoms with Gasteiger partial charge in [-0.1, -0.05) is 6.07 Å². The molecule has 1 aromatic carbocycles. The summed E-state index contributed by atoms with van der Waals surface area (Å²) in [5.74, 6) is -0.326. The zero-order valence-corrected chi connectivity index (χ0v) is 14.7. The van der Waals surface area contributed by atoms with Crippen LogP contribution >= 0.6 is 43.2 Å². The molecule has 0 bridgehead atoms. The Morgan fingerprint density at radius 3 is 2.59 bits per heavy atom. The van der Waals surface area contributed by atoms with Crippen LogP contribution in [0.3, 0.4) is 0 Å². The molecule has 0 saturated carbocycles. The minimum absolute atomic E-state index is 0.0312. The molecule has 1 amide bonds. The molecule has 2 rings (SSSR count). The Kier molecular flexibility index (Phi) is 5.51. The molecule has 0 saturated heterocycles. The lowest BCUT2D eigenvalue weighted by Gasteiger charge is -2.10. The van der Waals surface area contributed by atoms with E-state index in [2.05, 4.69) is 41.9 Å². The van der Waals surface area contributed by atoms with Crippen molar-refractivity contribution in [2.24, 2.45) is 0 Å². The average Bonchev–Trinajstić information content (AvgIpc) is 2.76. The topological polar surface area (TPSA) is 38.3 Å². The molecule has 22 heavy (non-hydrogen) atoms. The van der Waals surface area contributed by atoms with Crippen LogP contribution in [0.5, 0.6) is 5.75 Å². The Balaban J connectivity index is 2.05. The number of nitrogens with one attached hydrogen (secondary N) is 1. The predicted octanol–water partition coefficient (Wildman–Crippen LogP) is 5.47. The molecule has 1 heterocycles. The van der Waals surface area contributed by atoms with E-state index < -0.39 is 12.8 Å². The van der Waals surface area contributed by atoms with Crippen molar-refractivity contribution in [2.45, 2.75) is 6.18 Å². The number of benzene rings is 1. The van der Waals surface area contributed by atoms with Gasteiger partial charge in [-0.05, 0) is 50.1 Å². The van der Waals surface area contributed by atoms with Crippen molar-refractivity contribution in [3.05, 3.63) is 43.5 Å². The van der Waals surface area contributed by atoms with Gasteiger partial charge >= 0.3 is 6.18 Å². The van der Waals surface area contributed by atoms with E-state index in [0.717, 1.165) is 8.26 Å². The highest BCUT2D eigenvalue weighted by Gasteiger charge is 2.28. The fourth-order valence-corrected chi connectivity index (χ4v) is 3.41. The third-order valence-corrected chi connectivity index (χ3v) is 5.62. The second-order valence-corrected chi connectivity index (χ2v) is 7.34. The summed E-state index contributed by atoms with van der Waals surface area (Å²) >= 11 is 7.80. The van der Waals surface area contributed by atoms with Crippen LogP contribution in [-0.4, -0.2) is 18.7 Å². The van der Waals surface area contributed by atoms with Gasteiger partial charge in [-0.15, -0.1) is 11.3 Å². The first-order chi connectivity index (χ1) is 10.2. The number of amides is 1. The number of halogens is 5. The van der Waals surface area contributed by atoms with E-state index >= 15 is 0 Å². The number of ether oxygens (including phenoxy) is 1. The summed E-state index contributed by atoms with van der Waals surface area (Å²) in [4.78, 5) is 12.5. The normalized spacial score (nSPS) is 11.3. The van der Waals surface area contributed by atoms with Crippen LogP contribution < -0.4 is 10.1 Å². The molecule has 0 aliphatic rings. The number of rotatable bonds is 4. The lowest BCUT2D eigenvalue weighted by atomic mass is 10.3. The first-order valence-corrected chi connectivity index (χ1v) is 8.20. The van der Waals surface area contributed by atoms with Gasteiger partial charge in [0.25, 0.3) is 5.91 Å². The Morgan fingerprint density at radius 1 is 1.27 bits per heavy atom. The van der Waals surface area contributed by atoms with Crippen molar-refractivity contribution >= 4 is 54.8 Å². The molecule has 1 aromatic heterocycles. The molecule has 2 aromatic rings. The molecule has 9 heteroatoms. The van der Waals surface area contributed by atoms with Crippen LogP contribution in [0.25, 0.3) is 0 Å². The third-order valence-electron chi connectivity index (χ3n) is 2.36. The average molecular weight is 459 g/mol. The second-order valence-electron chi connectivity index (χ2n) is 4.12. The first-order valence-electron chi connectivity index (χ1n) is 5.80. The number of thiophene rings is 1. The van der Waals surface area contributed by atoms with Gasteiger partial charge in [0, 0.05) is 16.2 Å². The molecule has 0 aliphatic heterocycles. The van der Waals surface area contributed by atoms with Crippen LogP contribution in [0.1, 0.15) is 9.67 Å². The summed E-state index contributed by atoms with van der Waals surface area (Å²) in [5.41, 5.74) is 0.352. The molecule has 0 spiro atoms. The minimum atomic E-state index is -4.41. The molecule has 3 nitrogen and oxygen atoms in total. The maximum Gasteiger partial charge on any atom is 0.422 e. The van der Waals surface area contributed by atoms with Gasteiger partial charge in [-0.3, -0.25) is 4.79 Å². The smallest absolute Gasteiger partial charge is 0.422 e. The molecular formula is C13H8Br2F3NO2S. The fraction of sp³-hybridized carbons (Fsp3) is 0.154. The second kappa shape index (κ2) is 7.01. The Morgan fingerprint density at radius 2 is 2.00 bits per heavy atom. The Bertz CT molecular complexity index is 669. The van der Waals surface area contributed by atoms with Crippen LogP contribution in [-0.2, 0) is 0 Å². The van der Waals surface area contributed by atoms with Crippen LogP contribution in [0, 0.1) is 0 Å². The summed E-state index contributed by atoms with van der Waals surface area (Å²) in [6.07, 6.45) is -4.41. The van der Waals surface area contributed by atoms with Gasteiger partial charge in [0.15, 0.2) is 6.61 Å². The number of carbonyl (C=O) groups is 1. The van der Waals surface area contributed by atoms with Crippen molar-refractivity contribution in [3.63, 3.8) is 0 Å². The van der Waals surface area contributed by atoms with Crippen molar-refractivity contribution in [1.29, 1.82) is 0 Å². The number of hydrogen-bond donors (Lipinski definition) is 1. The van der Waals surface area contributed by atoms with Crippen molar-refractivity contribution in [3.8, 4) is 5.75 Å². The largest absolute Gasteiger partial charge is 0.484 e. The maximum absolute atomic E-state index is 12.1. The van der Waals surface area contributed by atoms with E-state index in [1.165, 1.54) is 29.5 Å². The van der Waals surface area contributed by atoms with E-state index in [0.29, 0.717) is 10.6 Å². The van der Waals surface area contributed by atoms with Crippen molar-refractivity contribution in [2.75, 3.05) is 11.9 Å². The standard InChI is InChI=1S/C13H8Br2F3NO2S/c14-9-5-10(22-11(9)15)12(20)19-7-2-1-3-8(4-7)21-6-13(16,17)18/h1-5H,6H2,(H,19,20). The highest BCUT2D eigenvalue weighted by Crippen LogP contribution is 2.33. The lowest BCUT2D eigenvalue weighted by Crippen LogP contribution is -2.19. The zero-order chi connectivity index (χ0) is 16.3. The molecule has 0 fully saturated rings. The molecule has 0 aliphatic carbocycles. The summed E-state index contributed by atoms with van der Waals surface area (Å²) in [7, 11) is 0. The van der Waals surface area contributed by atoms with Crippen molar-refractivity contribution < 1.29 is 22.7 Å². The van der Waals surface area contributed by atoms with Gasteiger partial charge in [0.2, 0.25) is 0 Å². The number of alkyl halides is 3. The van der Waals surface area contributed by atoms with E-state index in [-0.39, 0.29) is 11.7 Å². The zero-order valence-electron chi connectivity index (χ0n) is 10.7. The lowest BCUT2D eigenvalue weighted by molar-refractivity contribution is -0.153. The van der Waals surface area contributed by atoms with E-state index in [1.807, 2.05) is 0 Å². The summed E-state index contributed by atoms with van der Waals surface area (Å²) < 4.78 is 42.5. The highest BCUT2D eigenvalue weighted by atomic mass is 79.9. The summed E-state index contributed by atoms with van der Waals surface area (Å²) in [6, 6.07) is 7.44. The third kappa shape index (κ3) is 4.99. The number of hydrogen-bond acceptors (Lipinski definition) is 3. The monoisotopic (exact) mass is 457 g/mol. The van der Waals surface area contributed by atoms with Gasteiger partial charge in [0.1, 0.15) is 5.75 Å². The molecule has 0 radical (unpaired) electrons. The molecule has 1 N–H and O–H groups in total. The maximum atomic E-state index is 12.1. The molecule has 118 valence electrons. The fourth-order valence-electron chi connectivity index (χ4n) is 1.48. The molecular weight excluding hydrogens is 451 g/mol. The van der Waals surface area contributed by atoms with Crippen LogP contribution in [0.4, 0.5) is 18.9 Å². The molecule has 0 unspecified atom stereocenters. The minimum Gasteiger partial charge on any atom is -0.484 e. The number of anilines is 1. The van der Waals surface area contributed by atoms with Crippen LogP contribution in [0.15, 0.2) is 38.6 Å². The van der Waals surface area contributed by atoms with Gasteiger partial charge in [0.05, 0.1) is 8.66 Å². The highest BCUT2D eigenvalue weighted by molar-refractivity contribution is 9.13.